The third-order valence-electron chi connectivity index (χ3n) is 2.34. The zero-order valence-corrected chi connectivity index (χ0v) is 10.4. The summed E-state index contributed by atoms with van der Waals surface area (Å²) in [6.07, 6.45) is 7.87. The van der Waals surface area contributed by atoms with Crippen molar-refractivity contribution in [3.8, 4) is 0 Å². The van der Waals surface area contributed by atoms with Crippen molar-refractivity contribution in [3.63, 3.8) is 0 Å². The molecule has 2 heteroatoms. The molecule has 0 saturated carbocycles. The van der Waals surface area contributed by atoms with Gasteiger partial charge in [-0.2, -0.15) is 0 Å². The van der Waals surface area contributed by atoms with Gasteiger partial charge in [0, 0.05) is 13.1 Å². The maximum absolute atomic E-state index is 2.34. The van der Waals surface area contributed by atoms with Crippen LogP contribution >= 0.6 is 22.6 Å². The van der Waals surface area contributed by atoms with E-state index < -0.39 is 0 Å². The van der Waals surface area contributed by atoms with Crippen LogP contribution in [0.2, 0.25) is 0 Å². The summed E-state index contributed by atoms with van der Waals surface area (Å²) in [6, 6.07) is 0. The summed E-state index contributed by atoms with van der Waals surface area (Å²) in [7, 11) is 2.16. The van der Waals surface area contributed by atoms with E-state index >= 15 is 0 Å². The van der Waals surface area contributed by atoms with Crippen molar-refractivity contribution in [3.05, 3.63) is 33.5 Å². The van der Waals surface area contributed by atoms with Gasteiger partial charge in [-0.25, -0.2) is 0 Å². The van der Waals surface area contributed by atoms with Crippen LogP contribution in [0.4, 0.5) is 0 Å². The first kappa shape index (κ1) is 11.0. The number of nitrogens with zero attached hydrogens (tertiary/aromatic N) is 1. The predicted octanol–water partition coefficient (Wildman–Crippen LogP) is 3.14. The fourth-order valence-corrected chi connectivity index (χ4v) is 1.88. The van der Waals surface area contributed by atoms with Gasteiger partial charge in [-0.05, 0) is 41.7 Å². The van der Waals surface area contributed by atoms with Gasteiger partial charge in [0.05, 0.1) is 0 Å². The Bertz CT molecular complexity index is 251. The molecule has 0 bridgehead atoms. The summed E-state index contributed by atoms with van der Waals surface area (Å²) < 4.78 is 2.08. The Morgan fingerprint density at radius 3 is 2.85 bits per heavy atom. The minimum atomic E-state index is 1.09. The molecule has 0 saturated heterocycles. The summed E-state index contributed by atoms with van der Waals surface area (Å²) in [5.41, 5.74) is 2.87. The van der Waals surface area contributed by atoms with Gasteiger partial charge in [0.1, 0.15) is 0 Å². The lowest BCUT2D eigenvalue weighted by Crippen LogP contribution is -2.24. The molecule has 1 aliphatic rings. The Kier molecular flexibility index (Phi) is 4.73. The van der Waals surface area contributed by atoms with Crippen molar-refractivity contribution >= 4 is 22.6 Å². The highest BCUT2D eigenvalue weighted by atomic mass is 127. The minimum absolute atomic E-state index is 1.09. The molecule has 0 aromatic carbocycles. The molecule has 0 radical (unpaired) electrons. The maximum Gasteiger partial charge on any atom is 0.0166 e. The number of likely N-dealkylation sites (N-methyl/N-ethyl adjacent to an activating group) is 1. The van der Waals surface area contributed by atoms with E-state index in [1.807, 2.05) is 0 Å². The van der Waals surface area contributed by atoms with E-state index in [1.165, 1.54) is 24.1 Å². The molecule has 0 amide bonds. The second-order valence-electron chi connectivity index (χ2n) is 3.28. The van der Waals surface area contributed by atoms with Crippen LogP contribution in [0.5, 0.6) is 0 Å². The highest BCUT2D eigenvalue weighted by Crippen LogP contribution is 2.19. The van der Waals surface area contributed by atoms with Crippen LogP contribution in [0.3, 0.4) is 0 Å². The van der Waals surface area contributed by atoms with E-state index in [0.29, 0.717) is 0 Å². The van der Waals surface area contributed by atoms with Crippen molar-refractivity contribution in [2.75, 3.05) is 20.1 Å². The van der Waals surface area contributed by atoms with E-state index in [-0.39, 0.29) is 0 Å². The SMILES string of the molecule is C/C=C(\C=C/I)C1=CCN(C)CC1. The third-order valence-corrected chi connectivity index (χ3v) is 2.70. The molecule has 0 aromatic rings. The second kappa shape index (κ2) is 5.60. The number of halogens is 1. The molecule has 1 nitrogen and oxygen atoms in total. The highest BCUT2D eigenvalue weighted by Gasteiger charge is 2.08. The fraction of sp³-hybridized carbons (Fsp3) is 0.455. The molecule has 1 rings (SSSR count). The summed E-state index contributed by atoms with van der Waals surface area (Å²) in [5.74, 6) is 0. The molecular weight excluding hydrogens is 273 g/mol. The fourth-order valence-electron chi connectivity index (χ4n) is 1.49. The Hall–Kier alpha value is -0.0900. The van der Waals surface area contributed by atoms with Crippen LogP contribution in [0.15, 0.2) is 33.5 Å². The lowest BCUT2D eigenvalue weighted by Gasteiger charge is -2.22. The van der Waals surface area contributed by atoms with Gasteiger partial charge in [-0.15, -0.1) is 0 Å². The molecule has 0 spiro atoms. The number of rotatable bonds is 2. The largest absolute Gasteiger partial charge is 0.302 e. The molecular formula is C11H16IN. The monoisotopic (exact) mass is 289 g/mol. The Morgan fingerprint density at radius 2 is 2.38 bits per heavy atom. The zero-order chi connectivity index (χ0) is 9.68. The molecule has 1 aliphatic heterocycles. The average molecular weight is 289 g/mol. The van der Waals surface area contributed by atoms with E-state index in [2.05, 4.69) is 63.8 Å². The van der Waals surface area contributed by atoms with E-state index in [4.69, 9.17) is 0 Å². The van der Waals surface area contributed by atoms with Crippen LogP contribution in [0.25, 0.3) is 0 Å². The number of hydrogen-bond acceptors (Lipinski definition) is 1. The highest BCUT2D eigenvalue weighted by molar-refractivity contribution is 14.1. The Labute approximate surface area is 94.3 Å². The molecule has 13 heavy (non-hydrogen) atoms. The maximum atomic E-state index is 2.34. The van der Waals surface area contributed by atoms with Crippen LogP contribution in [0.1, 0.15) is 13.3 Å². The smallest absolute Gasteiger partial charge is 0.0166 e. The van der Waals surface area contributed by atoms with E-state index in [1.54, 1.807) is 0 Å². The molecule has 0 aromatic heterocycles. The van der Waals surface area contributed by atoms with Crippen LogP contribution in [-0.2, 0) is 0 Å². The van der Waals surface area contributed by atoms with Gasteiger partial charge < -0.3 is 4.90 Å². The minimum Gasteiger partial charge on any atom is -0.302 e. The van der Waals surface area contributed by atoms with E-state index in [9.17, 15) is 0 Å². The summed E-state index contributed by atoms with van der Waals surface area (Å²) >= 11 is 2.27. The predicted molar refractivity (Wildman–Crippen MR) is 67.1 cm³/mol. The lowest BCUT2D eigenvalue weighted by atomic mass is 10.00. The topological polar surface area (TPSA) is 3.24 Å². The van der Waals surface area contributed by atoms with Crippen molar-refractivity contribution in [2.24, 2.45) is 0 Å². The third kappa shape index (κ3) is 3.27. The molecule has 0 N–H and O–H groups in total. The standard InChI is InChI=1S/C11H16IN/c1-3-10(4-7-12)11-5-8-13(2)9-6-11/h3-5,7H,6,8-9H2,1-2H3/b7-4-,10-3+. The molecule has 1 heterocycles. The average Bonchev–Trinajstić information content (AvgIpc) is 2.16. The molecule has 0 unspecified atom stereocenters. The molecule has 0 atom stereocenters. The van der Waals surface area contributed by atoms with Gasteiger partial charge in [-0.3, -0.25) is 0 Å². The first-order valence-corrected chi connectivity index (χ1v) is 5.83. The van der Waals surface area contributed by atoms with Gasteiger partial charge in [0.15, 0.2) is 0 Å². The molecule has 72 valence electrons. The van der Waals surface area contributed by atoms with Crippen molar-refractivity contribution in [1.29, 1.82) is 0 Å². The van der Waals surface area contributed by atoms with Gasteiger partial charge in [0.2, 0.25) is 0 Å². The normalized spacial score (nSPS) is 20.8. The Balaban J connectivity index is 2.71. The van der Waals surface area contributed by atoms with Gasteiger partial charge >= 0.3 is 0 Å². The summed E-state index contributed by atoms with van der Waals surface area (Å²) in [6.45, 7) is 4.37. The summed E-state index contributed by atoms with van der Waals surface area (Å²) in [5, 5.41) is 0. The van der Waals surface area contributed by atoms with Crippen LogP contribution < -0.4 is 0 Å². The van der Waals surface area contributed by atoms with Crippen molar-refractivity contribution in [1.82, 2.24) is 4.90 Å². The first-order valence-electron chi connectivity index (χ1n) is 4.59. The Morgan fingerprint density at radius 1 is 1.62 bits per heavy atom. The van der Waals surface area contributed by atoms with Crippen molar-refractivity contribution in [2.45, 2.75) is 13.3 Å². The first-order chi connectivity index (χ1) is 6.27. The van der Waals surface area contributed by atoms with Gasteiger partial charge in [-0.1, -0.05) is 34.7 Å². The van der Waals surface area contributed by atoms with Crippen LogP contribution in [-0.4, -0.2) is 25.0 Å². The number of hydrogen-bond donors (Lipinski definition) is 0. The molecule has 0 fully saturated rings. The number of allylic oxidation sites excluding steroid dienone is 3. The van der Waals surface area contributed by atoms with E-state index in [0.717, 1.165) is 6.54 Å². The van der Waals surface area contributed by atoms with Gasteiger partial charge in [0.25, 0.3) is 0 Å². The molecule has 0 aliphatic carbocycles. The lowest BCUT2D eigenvalue weighted by molar-refractivity contribution is 0.361. The zero-order valence-electron chi connectivity index (χ0n) is 8.26. The second-order valence-corrected chi connectivity index (χ2v) is 4.00. The van der Waals surface area contributed by atoms with Crippen LogP contribution in [0, 0.1) is 0 Å². The summed E-state index contributed by atoms with van der Waals surface area (Å²) in [4.78, 5) is 2.34. The quantitative estimate of drug-likeness (QED) is 0.557. The van der Waals surface area contributed by atoms with Crippen molar-refractivity contribution < 1.29 is 0 Å².